The quantitative estimate of drug-likeness (QED) is 0.839. The molecule has 0 saturated carbocycles. The van der Waals surface area contributed by atoms with E-state index < -0.39 is 0 Å². The number of hydrogen-bond donors (Lipinski definition) is 2. The van der Waals surface area contributed by atoms with Gasteiger partial charge in [-0.3, -0.25) is 4.79 Å². The topological polar surface area (TPSA) is 80.0 Å². The van der Waals surface area contributed by atoms with Gasteiger partial charge in [-0.25, -0.2) is 4.39 Å². The van der Waals surface area contributed by atoms with Crippen molar-refractivity contribution in [1.82, 2.24) is 20.8 Å². The Labute approximate surface area is 146 Å². The summed E-state index contributed by atoms with van der Waals surface area (Å²) in [5.74, 6) is 1.17. The van der Waals surface area contributed by atoms with Gasteiger partial charge >= 0.3 is 0 Å². The number of nitrogens with zero attached hydrogens (tertiary/aromatic N) is 2. The van der Waals surface area contributed by atoms with E-state index in [-0.39, 0.29) is 17.8 Å². The number of aromatic nitrogens is 2. The Morgan fingerprint density at radius 2 is 2.20 bits per heavy atom. The Hall–Kier alpha value is -2.28. The number of benzene rings is 1. The molecule has 7 heteroatoms. The Bertz CT molecular complexity index is 701. The average molecular weight is 346 g/mol. The maximum absolute atomic E-state index is 12.9. The van der Waals surface area contributed by atoms with Gasteiger partial charge in [-0.1, -0.05) is 12.1 Å². The molecule has 2 unspecified atom stereocenters. The van der Waals surface area contributed by atoms with Crippen molar-refractivity contribution in [3.05, 3.63) is 36.0 Å². The summed E-state index contributed by atoms with van der Waals surface area (Å²) in [5.41, 5.74) is 0.702. The van der Waals surface area contributed by atoms with E-state index in [4.69, 9.17) is 4.52 Å². The molecule has 1 aliphatic heterocycles. The minimum Gasteiger partial charge on any atom is -0.352 e. The number of carbonyl (C=O) groups excluding carboxylic acids is 1. The highest BCUT2D eigenvalue weighted by Crippen LogP contribution is 2.17. The van der Waals surface area contributed by atoms with E-state index in [9.17, 15) is 9.18 Å². The van der Waals surface area contributed by atoms with Crippen LogP contribution in [0.3, 0.4) is 0 Å². The summed E-state index contributed by atoms with van der Waals surface area (Å²) >= 11 is 0. The zero-order valence-corrected chi connectivity index (χ0v) is 14.3. The molecule has 1 aromatic heterocycles. The molecule has 1 fully saturated rings. The normalized spacial score (nSPS) is 20.4. The summed E-state index contributed by atoms with van der Waals surface area (Å²) in [7, 11) is 0. The molecule has 3 rings (SSSR count). The highest BCUT2D eigenvalue weighted by Gasteiger charge is 2.22. The van der Waals surface area contributed by atoms with Crippen LogP contribution in [-0.2, 0) is 11.2 Å². The summed E-state index contributed by atoms with van der Waals surface area (Å²) in [6, 6.07) is 6.14. The molecule has 6 nitrogen and oxygen atoms in total. The number of nitrogens with one attached hydrogen (secondary N) is 2. The van der Waals surface area contributed by atoms with Gasteiger partial charge in [-0.05, 0) is 49.6 Å². The SMILES string of the molecule is CC1CCNCC1NC(=O)CCCc1nc(-c2ccc(F)cc2)no1. The van der Waals surface area contributed by atoms with Gasteiger partial charge in [0, 0.05) is 31.0 Å². The zero-order valence-electron chi connectivity index (χ0n) is 14.3. The van der Waals surface area contributed by atoms with E-state index in [2.05, 4.69) is 27.7 Å². The van der Waals surface area contributed by atoms with Crippen LogP contribution in [0.15, 0.2) is 28.8 Å². The molecule has 0 radical (unpaired) electrons. The summed E-state index contributed by atoms with van der Waals surface area (Å²) in [4.78, 5) is 16.4. The van der Waals surface area contributed by atoms with Gasteiger partial charge in [-0.2, -0.15) is 4.98 Å². The fourth-order valence-electron chi connectivity index (χ4n) is 2.93. The highest BCUT2D eigenvalue weighted by molar-refractivity contribution is 5.76. The van der Waals surface area contributed by atoms with Crippen LogP contribution >= 0.6 is 0 Å². The number of piperidine rings is 1. The number of halogens is 1. The van der Waals surface area contributed by atoms with E-state index in [0.717, 1.165) is 19.5 Å². The molecule has 2 atom stereocenters. The summed E-state index contributed by atoms with van der Waals surface area (Å²) in [6.45, 7) is 4.01. The van der Waals surface area contributed by atoms with Crippen LogP contribution in [0.2, 0.25) is 0 Å². The van der Waals surface area contributed by atoms with Crippen molar-refractivity contribution in [2.45, 2.75) is 38.6 Å². The lowest BCUT2D eigenvalue weighted by Crippen LogP contribution is -2.50. The van der Waals surface area contributed by atoms with Gasteiger partial charge in [0.25, 0.3) is 0 Å². The van der Waals surface area contributed by atoms with Crippen LogP contribution in [0.5, 0.6) is 0 Å². The largest absolute Gasteiger partial charge is 0.352 e. The molecule has 1 saturated heterocycles. The molecule has 0 spiro atoms. The Balaban J connectivity index is 1.44. The summed E-state index contributed by atoms with van der Waals surface area (Å²) in [6.07, 6.45) is 2.70. The lowest BCUT2D eigenvalue weighted by Gasteiger charge is -2.30. The van der Waals surface area contributed by atoms with Crippen molar-refractivity contribution in [2.24, 2.45) is 5.92 Å². The average Bonchev–Trinajstić information content (AvgIpc) is 3.06. The Kier molecular flexibility index (Phi) is 5.75. The molecule has 25 heavy (non-hydrogen) atoms. The number of rotatable bonds is 6. The predicted molar refractivity (Wildman–Crippen MR) is 91.2 cm³/mol. The van der Waals surface area contributed by atoms with Crippen molar-refractivity contribution in [3.63, 3.8) is 0 Å². The maximum atomic E-state index is 12.9. The second-order valence-electron chi connectivity index (χ2n) is 6.52. The third-order valence-electron chi connectivity index (χ3n) is 4.54. The summed E-state index contributed by atoms with van der Waals surface area (Å²) in [5, 5.41) is 10.3. The van der Waals surface area contributed by atoms with Gasteiger partial charge in [0.2, 0.25) is 17.6 Å². The van der Waals surface area contributed by atoms with Crippen molar-refractivity contribution in [1.29, 1.82) is 0 Å². The van der Waals surface area contributed by atoms with Gasteiger partial charge in [-0.15, -0.1) is 0 Å². The third kappa shape index (κ3) is 4.85. The molecule has 1 aromatic carbocycles. The molecule has 134 valence electrons. The fourth-order valence-corrected chi connectivity index (χ4v) is 2.93. The van der Waals surface area contributed by atoms with E-state index in [0.29, 0.717) is 42.5 Å². The fraction of sp³-hybridized carbons (Fsp3) is 0.500. The standard InChI is InChI=1S/C18H23FN4O2/c1-12-9-10-20-11-15(12)21-16(24)3-2-4-17-22-18(23-25-17)13-5-7-14(19)8-6-13/h5-8,12,15,20H,2-4,9-11H2,1H3,(H,21,24). The van der Waals surface area contributed by atoms with Crippen molar-refractivity contribution in [3.8, 4) is 11.4 Å². The monoisotopic (exact) mass is 346 g/mol. The second-order valence-corrected chi connectivity index (χ2v) is 6.52. The van der Waals surface area contributed by atoms with Crippen molar-refractivity contribution in [2.75, 3.05) is 13.1 Å². The van der Waals surface area contributed by atoms with E-state index in [1.54, 1.807) is 12.1 Å². The lowest BCUT2D eigenvalue weighted by atomic mass is 9.94. The summed E-state index contributed by atoms with van der Waals surface area (Å²) < 4.78 is 18.1. The minimum atomic E-state index is -0.305. The minimum absolute atomic E-state index is 0.0545. The van der Waals surface area contributed by atoms with E-state index in [1.165, 1.54) is 12.1 Å². The van der Waals surface area contributed by atoms with Gasteiger partial charge in [0.15, 0.2) is 0 Å². The van der Waals surface area contributed by atoms with Gasteiger partial charge in [0.1, 0.15) is 5.82 Å². The first-order valence-corrected chi connectivity index (χ1v) is 8.70. The first-order chi connectivity index (χ1) is 12.1. The van der Waals surface area contributed by atoms with Crippen LogP contribution in [0.25, 0.3) is 11.4 Å². The highest BCUT2D eigenvalue weighted by atomic mass is 19.1. The molecule has 1 amide bonds. The van der Waals surface area contributed by atoms with Crippen LogP contribution in [-0.4, -0.2) is 35.2 Å². The molecular weight excluding hydrogens is 323 g/mol. The van der Waals surface area contributed by atoms with E-state index >= 15 is 0 Å². The first-order valence-electron chi connectivity index (χ1n) is 8.70. The van der Waals surface area contributed by atoms with Crippen LogP contribution in [0.4, 0.5) is 4.39 Å². The van der Waals surface area contributed by atoms with Gasteiger partial charge in [0.05, 0.1) is 0 Å². The maximum Gasteiger partial charge on any atom is 0.226 e. The van der Waals surface area contributed by atoms with Crippen LogP contribution < -0.4 is 10.6 Å². The van der Waals surface area contributed by atoms with E-state index in [1.807, 2.05) is 0 Å². The first kappa shape index (κ1) is 17.5. The van der Waals surface area contributed by atoms with Crippen LogP contribution in [0, 0.1) is 11.7 Å². The number of amides is 1. The molecule has 2 aromatic rings. The molecule has 2 heterocycles. The second kappa shape index (κ2) is 8.20. The molecule has 1 aliphatic rings. The number of carbonyl (C=O) groups is 1. The molecule has 0 aliphatic carbocycles. The molecular formula is C18H23FN4O2. The molecule has 2 N–H and O–H groups in total. The molecule has 0 bridgehead atoms. The van der Waals surface area contributed by atoms with Gasteiger partial charge < -0.3 is 15.2 Å². The predicted octanol–water partition coefficient (Wildman–Crippen LogP) is 2.31. The van der Waals surface area contributed by atoms with Crippen LogP contribution in [0.1, 0.15) is 32.1 Å². The lowest BCUT2D eigenvalue weighted by molar-refractivity contribution is -0.122. The number of aryl methyl sites for hydroxylation is 1. The Morgan fingerprint density at radius 1 is 1.40 bits per heavy atom. The van der Waals surface area contributed by atoms with Crippen molar-refractivity contribution >= 4 is 5.91 Å². The number of hydrogen-bond acceptors (Lipinski definition) is 5. The smallest absolute Gasteiger partial charge is 0.226 e. The third-order valence-corrected chi connectivity index (χ3v) is 4.54. The van der Waals surface area contributed by atoms with Crippen molar-refractivity contribution < 1.29 is 13.7 Å². The zero-order chi connectivity index (χ0) is 17.6. The Morgan fingerprint density at radius 3 is 2.96 bits per heavy atom.